The third-order valence-corrected chi connectivity index (χ3v) is 7.97. The Morgan fingerprint density at radius 2 is 1.98 bits per heavy atom. The first-order chi connectivity index (χ1) is 19.2. The van der Waals surface area contributed by atoms with E-state index in [0.29, 0.717) is 56.8 Å². The number of aryl methyl sites for hydroxylation is 3. The van der Waals surface area contributed by atoms with E-state index in [9.17, 15) is 4.79 Å². The second-order valence-electron chi connectivity index (χ2n) is 9.49. The smallest absolute Gasteiger partial charge is 0.410 e. The standard InChI is InChI=1S/C28H24ClN5O5S/c1-12-5-16(23-19(6-12)33-22(36-4)10-31-23)27-34-24-17(29)9-21-25(26(24)40-27)37-11-15(38-21)8-18-20(39-28(30)35)7-13(2)14(3)32-18/h5-7,9-10,15H,8,11H2,1-4H3,(H2,30,35)/t15-/m1/s1. The Morgan fingerprint density at radius 3 is 2.75 bits per heavy atom. The third kappa shape index (κ3) is 4.71. The minimum Gasteiger partial charge on any atom is -0.484 e. The van der Waals surface area contributed by atoms with E-state index in [2.05, 4.69) is 15.0 Å². The molecular formula is C28H24ClN5O5S. The van der Waals surface area contributed by atoms with Gasteiger partial charge in [0.1, 0.15) is 27.9 Å². The molecule has 1 aliphatic heterocycles. The lowest BCUT2D eigenvalue weighted by Crippen LogP contribution is -2.32. The molecule has 0 saturated heterocycles. The topological polar surface area (TPSA) is 132 Å². The molecule has 0 unspecified atom stereocenters. The van der Waals surface area contributed by atoms with E-state index in [0.717, 1.165) is 32.1 Å². The molecule has 204 valence electrons. The summed E-state index contributed by atoms with van der Waals surface area (Å²) < 4.78 is 23.8. The number of primary amides is 1. The normalized spacial score (nSPS) is 14.5. The van der Waals surface area contributed by atoms with Gasteiger partial charge in [0.05, 0.1) is 35.1 Å². The molecule has 2 aromatic carbocycles. The number of nitrogens with two attached hydrogens (primary N) is 1. The van der Waals surface area contributed by atoms with Crippen molar-refractivity contribution in [2.45, 2.75) is 33.3 Å². The van der Waals surface area contributed by atoms with Crippen molar-refractivity contribution in [2.75, 3.05) is 13.7 Å². The molecule has 6 rings (SSSR count). The average Bonchev–Trinajstić information content (AvgIpc) is 3.36. The van der Waals surface area contributed by atoms with Crippen molar-refractivity contribution in [1.29, 1.82) is 0 Å². The van der Waals surface area contributed by atoms with E-state index >= 15 is 0 Å². The van der Waals surface area contributed by atoms with Gasteiger partial charge in [-0.15, -0.1) is 11.3 Å². The molecule has 2 N–H and O–H groups in total. The molecule has 0 bridgehead atoms. The number of ether oxygens (including phenoxy) is 4. The van der Waals surface area contributed by atoms with Gasteiger partial charge < -0.3 is 24.7 Å². The van der Waals surface area contributed by atoms with Crippen LogP contribution >= 0.6 is 22.9 Å². The lowest BCUT2D eigenvalue weighted by Gasteiger charge is -2.27. The highest BCUT2D eigenvalue weighted by molar-refractivity contribution is 7.22. The minimum absolute atomic E-state index is 0.250. The average molecular weight is 578 g/mol. The summed E-state index contributed by atoms with van der Waals surface area (Å²) in [5, 5.41) is 1.17. The van der Waals surface area contributed by atoms with Crippen molar-refractivity contribution in [2.24, 2.45) is 5.73 Å². The number of pyridine rings is 1. The van der Waals surface area contributed by atoms with Crippen LogP contribution in [0.3, 0.4) is 0 Å². The SMILES string of the molecule is COc1cnc2c(-c3nc4c(Cl)cc5c(c4s3)OC[C@@H](Cc3nc(C)c(C)cc3OC(N)=O)O5)cc(C)cc2n1. The molecule has 1 amide bonds. The van der Waals surface area contributed by atoms with Crippen LogP contribution in [0.4, 0.5) is 4.79 Å². The fourth-order valence-corrected chi connectivity index (χ4v) is 6.02. The highest BCUT2D eigenvalue weighted by Gasteiger charge is 2.29. The zero-order chi connectivity index (χ0) is 28.1. The van der Waals surface area contributed by atoms with Crippen LogP contribution in [0.15, 0.2) is 30.5 Å². The third-order valence-electron chi connectivity index (χ3n) is 6.59. The summed E-state index contributed by atoms with van der Waals surface area (Å²) in [5.74, 6) is 1.82. The number of amides is 1. The van der Waals surface area contributed by atoms with E-state index in [1.165, 1.54) is 11.3 Å². The van der Waals surface area contributed by atoms with Crippen LogP contribution in [0.5, 0.6) is 23.1 Å². The van der Waals surface area contributed by atoms with Gasteiger partial charge in [-0.2, -0.15) is 0 Å². The maximum atomic E-state index is 11.4. The van der Waals surface area contributed by atoms with E-state index < -0.39 is 12.2 Å². The molecule has 3 aromatic heterocycles. The van der Waals surface area contributed by atoms with Gasteiger partial charge in [0.2, 0.25) is 5.88 Å². The zero-order valence-electron chi connectivity index (χ0n) is 22.1. The molecular weight excluding hydrogens is 554 g/mol. The lowest BCUT2D eigenvalue weighted by atomic mass is 10.1. The Hall–Kier alpha value is -4.22. The number of aromatic nitrogens is 4. The number of nitrogens with zero attached hydrogens (tertiary/aromatic N) is 4. The Morgan fingerprint density at radius 1 is 1.15 bits per heavy atom. The van der Waals surface area contributed by atoms with Crippen LogP contribution in [0, 0.1) is 20.8 Å². The van der Waals surface area contributed by atoms with Crippen molar-refractivity contribution < 1.29 is 23.7 Å². The van der Waals surface area contributed by atoms with Gasteiger partial charge in [-0.3, -0.25) is 4.98 Å². The summed E-state index contributed by atoms with van der Waals surface area (Å²) in [4.78, 5) is 30.0. The summed E-state index contributed by atoms with van der Waals surface area (Å²) in [5.41, 5.74) is 11.4. The fraction of sp³-hybridized carbons (Fsp3) is 0.250. The van der Waals surface area contributed by atoms with Gasteiger partial charge in [-0.1, -0.05) is 11.6 Å². The van der Waals surface area contributed by atoms with Gasteiger partial charge in [-0.05, 0) is 50.1 Å². The van der Waals surface area contributed by atoms with Crippen molar-refractivity contribution in [3.63, 3.8) is 0 Å². The number of rotatable bonds is 5. The number of hydrogen-bond acceptors (Lipinski definition) is 10. The molecule has 5 aromatic rings. The first-order valence-corrected chi connectivity index (χ1v) is 13.6. The Kier molecular flexibility index (Phi) is 6.55. The van der Waals surface area contributed by atoms with E-state index in [-0.39, 0.29) is 6.61 Å². The molecule has 0 fully saturated rings. The number of thiazole rings is 1. The highest BCUT2D eigenvalue weighted by atomic mass is 35.5. The monoisotopic (exact) mass is 577 g/mol. The predicted molar refractivity (Wildman–Crippen MR) is 152 cm³/mol. The predicted octanol–water partition coefficient (Wildman–Crippen LogP) is 5.73. The molecule has 12 heteroatoms. The number of carbonyl (C=O) groups excluding carboxylic acids is 1. The molecule has 40 heavy (non-hydrogen) atoms. The van der Waals surface area contributed by atoms with Gasteiger partial charge in [0, 0.05) is 23.7 Å². The van der Waals surface area contributed by atoms with E-state index in [4.69, 9.17) is 41.3 Å². The van der Waals surface area contributed by atoms with Gasteiger partial charge in [-0.25, -0.2) is 19.7 Å². The van der Waals surface area contributed by atoms with Crippen molar-refractivity contribution in [1.82, 2.24) is 19.9 Å². The number of methoxy groups -OCH3 is 1. The Bertz CT molecular complexity index is 1830. The number of hydrogen-bond donors (Lipinski definition) is 1. The van der Waals surface area contributed by atoms with Crippen molar-refractivity contribution >= 4 is 50.3 Å². The maximum Gasteiger partial charge on any atom is 0.410 e. The van der Waals surface area contributed by atoms with Gasteiger partial charge >= 0.3 is 6.09 Å². The Labute approximate surface area is 238 Å². The number of fused-ring (bicyclic) bond motifs is 4. The molecule has 1 atom stereocenters. The van der Waals surface area contributed by atoms with Crippen LogP contribution in [0.1, 0.15) is 22.5 Å². The van der Waals surface area contributed by atoms with E-state index in [1.807, 2.05) is 32.9 Å². The largest absolute Gasteiger partial charge is 0.484 e. The summed E-state index contributed by atoms with van der Waals surface area (Å²) in [6, 6.07) is 7.44. The number of carbonyl (C=O) groups is 1. The zero-order valence-corrected chi connectivity index (χ0v) is 23.6. The first-order valence-electron chi connectivity index (χ1n) is 12.4. The van der Waals surface area contributed by atoms with Crippen LogP contribution in [-0.4, -0.2) is 45.8 Å². The minimum atomic E-state index is -0.904. The van der Waals surface area contributed by atoms with Gasteiger partial charge in [0.15, 0.2) is 17.2 Å². The summed E-state index contributed by atoms with van der Waals surface area (Å²) in [6.07, 6.45) is 0.623. The summed E-state index contributed by atoms with van der Waals surface area (Å²) in [7, 11) is 1.56. The second kappa shape index (κ2) is 10.1. The van der Waals surface area contributed by atoms with Crippen LogP contribution in [-0.2, 0) is 6.42 Å². The van der Waals surface area contributed by atoms with Crippen LogP contribution < -0.4 is 24.7 Å². The van der Waals surface area contributed by atoms with Crippen molar-refractivity contribution in [3.8, 4) is 33.7 Å². The molecule has 10 nitrogen and oxygen atoms in total. The lowest BCUT2D eigenvalue weighted by molar-refractivity contribution is 0.0919. The summed E-state index contributed by atoms with van der Waals surface area (Å²) in [6.45, 7) is 6.02. The van der Waals surface area contributed by atoms with Crippen molar-refractivity contribution in [3.05, 3.63) is 58.0 Å². The molecule has 0 spiro atoms. The van der Waals surface area contributed by atoms with Crippen LogP contribution in [0.25, 0.3) is 31.8 Å². The van der Waals surface area contributed by atoms with Crippen LogP contribution in [0.2, 0.25) is 5.02 Å². The number of halogens is 1. The number of benzene rings is 2. The molecule has 0 saturated carbocycles. The molecule has 0 radical (unpaired) electrons. The fourth-order valence-electron chi connectivity index (χ4n) is 4.62. The van der Waals surface area contributed by atoms with Gasteiger partial charge in [0.25, 0.3) is 0 Å². The molecule has 1 aliphatic rings. The quantitative estimate of drug-likeness (QED) is 0.278. The highest BCUT2D eigenvalue weighted by Crippen LogP contribution is 2.47. The van der Waals surface area contributed by atoms with E-state index in [1.54, 1.807) is 25.4 Å². The molecule has 0 aliphatic carbocycles. The molecule has 4 heterocycles. The maximum absolute atomic E-state index is 11.4. The summed E-state index contributed by atoms with van der Waals surface area (Å²) >= 11 is 8.14. The second-order valence-corrected chi connectivity index (χ2v) is 10.9. The Balaban J connectivity index is 1.36. The first kappa shape index (κ1) is 26.0.